The van der Waals surface area contributed by atoms with E-state index in [1.165, 1.54) is 20.6 Å². The number of fused-ring (bicyclic) bond motifs is 1. The van der Waals surface area contributed by atoms with E-state index in [0.717, 1.165) is 19.3 Å². The molecule has 1 saturated heterocycles. The first-order valence-electron chi connectivity index (χ1n) is 6.28. The van der Waals surface area contributed by atoms with Crippen LogP contribution in [0.2, 0.25) is 0 Å². The van der Waals surface area contributed by atoms with Gasteiger partial charge in [0.25, 0.3) is 0 Å². The highest BCUT2D eigenvalue weighted by atomic mass is 79.9. The second-order valence-electron chi connectivity index (χ2n) is 5.14. The summed E-state index contributed by atoms with van der Waals surface area (Å²) in [4.78, 5) is 1.45. The Morgan fingerprint density at radius 3 is 2.94 bits per heavy atom. The summed E-state index contributed by atoms with van der Waals surface area (Å²) in [6.07, 6.45) is 4.23. The lowest BCUT2D eigenvalue weighted by Crippen LogP contribution is -2.35. The monoisotopic (exact) mass is 349 g/mol. The highest BCUT2D eigenvalue weighted by Crippen LogP contribution is 2.38. The van der Waals surface area contributed by atoms with Gasteiger partial charge in [-0.05, 0) is 53.2 Å². The van der Waals surface area contributed by atoms with Gasteiger partial charge >= 0.3 is 0 Å². The van der Waals surface area contributed by atoms with Crippen molar-refractivity contribution in [2.24, 2.45) is 0 Å². The Labute approximate surface area is 120 Å². The molecule has 0 saturated carbocycles. The van der Waals surface area contributed by atoms with Gasteiger partial charge in [0.05, 0.1) is 15.3 Å². The van der Waals surface area contributed by atoms with Crippen molar-refractivity contribution >= 4 is 37.1 Å². The molecule has 0 aromatic carbocycles. The molecule has 6 heteroatoms. The molecule has 2 heterocycles. The van der Waals surface area contributed by atoms with E-state index in [-0.39, 0.29) is 6.04 Å². The number of sulfone groups is 1. The molecular formula is C12H16BrNO2S2. The zero-order valence-electron chi connectivity index (χ0n) is 9.99. The molecule has 18 heavy (non-hydrogen) atoms. The number of nitrogens with one attached hydrogen (secondary N) is 1. The van der Waals surface area contributed by atoms with Gasteiger partial charge in [0, 0.05) is 17.0 Å². The maximum absolute atomic E-state index is 11.5. The van der Waals surface area contributed by atoms with Crippen molar-refractivity contribution < 1.29 is 8.42 Å². The van der Waals surface area contributed by atoms with E-state index in [9.17, 15) is 8.42 Å². The minimum atomic E-state index is -2.79. The van der Waals surface area contributed by atoms with Gasteiger partial charge in [-0.25, -0.2) is 8.42 Å². The van der Waals surface area contributed by atoms with Crippen LogP contribution in [0.15, 0.2) is 9.85 Å². The molecule has 1 aromatic heterocycles. The van der Waals surface area contributed by atoms with Gasteiger partial charge in [-0.3, -0.25) is 0 Å². The molecule has 2 atom stereocenters. The molecule has 1 fully saturated rings. The molecule has 100 valence electrons. The molecule has 0 bridgehead atoms. The van der Waals surface area contributed by atoms with Gasteiger partial charge in [-0.2, -0.15) is 0 Å². The average molecular weight is 350 g/mol. The van der Waals surface area contributed by atoms with Crippen molar-refractivity contribution in [2.45, 2.75) is 37.8 Å². The molecule has 0 radical (unpaired) electrons. The van der Waals surface area contributed by atoms with Crippen LogP contribution in [0, 0.1) is 0 Å². The summed E-state index contributed by atoms with van der Waals surface area (Å²) in [6, 6.07) is 2.68. The van der Waals surface area contributed by atoms with Crippen LogP contribution in [0.25, 0.3) is 0 Å². The highest BCUT2D eigenvalue weighted by molar-refractivity contribution is 9.11. The normalized spacial score (nSPS) is 30.3. The maximum atomic E-state index is 11.5. The zero-order valence-corrected chi connectivity index (χ0v) is 13.2. The van der Waals surface area contributed by atoms with Crippen LogP contribution in [0.4, 0.5) is 0 Å². The molecule has 0 spiro atoms. The second-order valence-corrected chi connectivity index (χ2v) is 9.89. The summed E-state index contributed by atoms with van der Waals surface area (Å²) in [5.41, 5.74) is 1.38. The van der Waals surface area contributed by atoms with E-state index in [0.29, 0.717) is 17.5 Å². The average Bonchev–Trinajstić information content (AvgIpc) is 2.81. The summed E-state index contributed by atoms with van der Waals surface area (Å²) in [5, 5.41) is 3.55. The van der Waals surface area contributed by atoms with Gasteiger partial charge in [-0.15, -0.1) is 11.3 Å². The van der Waals surface area contributed by atoms with Crippen LogP contribution in [0.5, 0.6) is 0 Å². The smallest absolute Gasteiger partial charge is 0.151 e. The van der Waals surface area contributed by atoms with E-state index < -0.39 is 9.84 Å². The third kappa shape index (κ3) is 2.66. The fraction of sp³-hybridized carbons (Fsp3) is 0.667. The number of halogens is 1. The number of hydrogen-bond acceptors (Lipinski definition) is 4. The number of hydrogen-bond donors (Lipinski definition) is 1. The van der Waals surface area contributed by atoms with Crippen LogP contribution in [-0.2, 0) is 16.3 Å². The first-order valence-corrected chi connectivity index (χ1v) is 9.71. The molecular weight excluding hydrogens is 334 g/mol. The van der Waals surface area contributed by atoms with Gasteiger partial charge in [0.15, 0.2) is 9.84 Å². The Morgan fingerprint density at radius 1 is 1.39 bits per heavy atom. The van der Waals surface area contributed by atoms with Crippen LogP contribution in [0.3, 0.4) is 0 Å². The van der Waals surface area contributed by atoms with Crippen molar-refractivity contribution in [1.82, 2.24) is 5.32 Å². The summed E-state index contributed by atoms with van der Waals surface area (Å²) < 4.78 is 24.2. The molecule has 1 N–H and O–H groups in total. The number of thiophene rings is 1. The minimum Gasteiger partial charge on any atom is -0.306 e. The predicted molar refractivity (Wildman–Crippen MR) is 77.9 cm³/mol. The van der Waals surface area contributed by atoms with Gasteiger partial charge in [0.2, 0.25) is 0 Å². The molecule has 1 aliphatic heterocycles. The lowest BCUT2D eigenvalue weighted by molar-refractivity contribution is 0.414. The predicted octanol–water partition coefficient (Wildman–Crippen LogP) is 2.66. The minimum absolute atomic E-state index is 0.143. The molecule has 2 aliphatic rings. The van der Waals surface area contributed by atoms with Crippen molar-refractivity contribution in [2.75, 3.05) is 11.5 Å². The first-order chi connectivity index (χ1) is 8.53. The number of aryl methyl sites for hydroxylation is 1. The highest BCUT2D eigenvalue weighted by Gasteiger charge is 2.31. The van der Waals surface area contributed by atoms with E-state index in [1.54, 1.807) is 0 Å². The third-order valence-electron chi connectivity index (χ3n) is 3.75. The van der Waals surface area contributed by atoms with Gasteiger partial charge in [0.1, 0.15) is 0 Å². The Morgan fingerprint density at radius 2 is 2.22 bits per heavy atom. The van der Waals surface area contributed by atoms with E-state index in [1.807, 2.05) is 11.3 Å². The zero-order chi connectivity index (χ0) is 12.8. The molecule has 0 amide bonds. The fourth-order valence-electron chi connectivity index (χ4n) is 2.91. The standard InChI is InChI=1S/C12H16BrNO2S2/c13-12-6-9-10(2-1-3-11(9)17-12)14-8-4-5-18(15,16)7-8/h6,8,10,14H,1-5,7H2. The topological polar surface area (TPSA) is 46.2 Å². The number of rotatable bonds is 2. The first kappa shape index (κ1) is 13.1. The molecule has 2 unspecified atom stereocenters. The Bertz CT molecular complexity index is 552. The lowest BCUT2D eigenvalue weighted by atomic mass is 9.93. The van der Waals surface area contributed by atoms with Crippen LogP contribution < -0.4 is 5.32 Å². The largest absolute Gasteiger partial charge is 0.306 e. The molecule has 3 rings (SSSR count). The second kappa shape index (κ2) is 4.89. The maximum Gasteiger partial charge on any atom is 0.151 e. The van der Waals surface area contributed by atoms with E-state index >= 15 is 0 Å². The van der Waals surface area contributed by atoms with Crippen molar-refractivity contribution in [1.29, 1.82) is 0 Å². The summed E-state index contributed by atoms with van der Waals surface area (Å²) >= 11 is 5.36. The van der Waals surface area contributed by atoms with Crippen molar-refractivity contribution in [3.63, 3.8) is 0 Å². The Hall–Kier alpha value is 0.0900. The van der Waals surface area contributed by atoms with Crippen molar-refractivity contribution in [3.8, 4) is 0 Å². The lowest BCUT2D eigenvalue weighted by Gasteiger charge is -2.26. The molecule has 1 aliphatic carbocycles. The molecule has 3 nitrogen and oxygen atoms in total. The van der Waals surface area contributed by atoms with E-state index in [2.05, 4.69) is 27.3 Å². The fourth-order valence-corrected chi connectivity index (χ4v) is 6.41. The van der Waals surface area contributed by atoms with E-state index in [4.69, 9.17) is 0 Å². The summed E-state index contributed by atoms with van der Waals surface area (Å²) in [6.45, 7) is 0. The molecule has 1 aromatic rings. The Balaban J connectivity index is 1.75. The van der Waals surface area contributed by atoms with Crippen LogP contribution in [-0.4, -0.2) is 26.0 Å². The van der Waals surface area contributed by atoms with Gasteiger partial charge < -0.3 is 5.32 Å². The SMILES string of the molecule is O=S1(=O)CCC(NC2CCCc3sc(Br)cc32)C1. The van der Waals surface area contributed by atoms with Crippen LogP contribution >= 0.6 is 27.3 Å². The van der Waals surface area contributed by atoms with Crippen molar-refractivity contribution in [3.05, 3.63) is 20.3 Å². The van der Waals surface area contributed by atoms with Crippen LogP contribution in [0.1, 0.15) is 35.7 Å². The Kier molecular flexibility index (Phi) is 3.55. The third-order valence-corrected chi connectivity index (χ3v) is 7.23. The summed E-state index contributed by atoms with van der Waals surface area (Å²) in [7, 11) is -2.79. The van der Waals surface area contributed by atoms with Gasteiger partial charge in [-0.1, -0.05) is 0 Å². The summed E-state index contributed by atoms with van der Waals surface area (Å²) in [5.74, 6) is 0.654. The quantitative estimate of drug-likeness (QED) is 0.892.